The Morgan fingerprint density at radius 2 is 1.71 bits per heavy atom. The van der Waals surface area contributed by atoms with Crippen molar-refractivity contribution in [2.24, 2.45) is 0 Å². The van der Waals surface area contributed by atoms with Crippen LogP contribution in [-0.2, 0) is 31.4 Å². The van der Waals surface area contributed by atoms with Gasteiger partial charge in [-0.05, 0) is 17.5 Å². The van der Waals surface area contributed by atoms with Crippen LogP contribution in [0.5, 0.6) is 0 Å². The second kappa shape index (κ2) is 8.14. The molecule has 0 saturated carbocycles. The van der Waals surface area contributed by atoms with E-state index in [0.29, 0.717) is 12.0 Å². The highest BCUT2D eigenvalue weighted by Gasteiger charge is 2.52. The number of hydrogen-bond acceptors (Lipinski definition) is 5. The van der Waals surface area contributed by atoms with Crippen LogP contribution in [0.3, 0.4) is 0 Å². The molecule has 0 aliphatic carbocycles. The Labute approximate surface area is 180 Å². The smallest absolute Gasteiger partial charge is 0.325 e. The molecular weight excluding hydrogens is 418 g/mol. The maximum absolute atomic E-state index is 13.5. The fraction of sp³-hybridized carbons (Fsp3) is 0.318. The second-order valence-corrected chi connectivity index (χ2v) is 10.2. The summed E-state index contributed by atoms with van der Waals surface area (Å²) < 4.78 is 23.2. The van der Waals surface area contributed by atoms with Crippen molar-refractivity contribution in [3.63, 3.8) is 0 Å². The van der Waals surface area contributed by atoms with E-state index in [9.17, 15) is 22.8 Å². The Balaban J connectivity index is 1.56. The van der Waals surface area contributed by atoms with Crippen molar-refractivity contribution in [2.75, 3.05) is 18.1 Å². The van der Waals surface area contributed by atoms with Gasteiger partial charge in [0, 0.05) is 12.5 Å². The summed E-state index contributed by atoms with van der Waals surface area (Å²) in [6.07, 6.45) is 0.567. The summed E-state index contributed by atoms with van der Waals surface area (Å²) in [5, 5.41) is 5.43. The summed E-state index contributed by atoms with van der Waals surface area (Å²) in [5.41, 5.74) is 0.168. The van der Waals surface area contributed by atoms with Gasteiger partial charge < -0.3 is 10.6 Å². The third-order valence-corrected chi connectivity index (χ3v) is 7.42. The molecule has 31 heavy (non-hydrogen) atoms. The lowest BCUT2D eigenvalue weighted by Crippen LogP contribution is -2.47. The number of carbonyl (C=O) groups is 3. The van der Waals surface area contributed by atoms with Gasteiger partial charge in [-0.2, -0.15) is 0 Å². The summed E-state index contributed by atoms with van der Waals surface area (Å²) in [7, 11) is -3.15. The van der Waals surface area contributed by atoms with Crippen LogP contribution in [-0.4, -0.2) is 55.3 Å². The van der Waals surface area contributed by atoms with Crippen molar-refractivity contribution in [3.05, 3.63) is 71.8 Å². The van der Waals surface area contributed by atoms with E-state index in [2.05, 4.69) is 10.6 Å². The van der Waals surface area contributed by atoms with E-state index in [1.54, 1.807) is 24.3 Å². The minimum atomic E-state index is -3.15. The van der Waals surface area contributed by atoms with E-state index in [4.69, 9.17) is 0 Å². The van der Waals surface area contributed by atoms with Gasteiger partial charge in [-0.25, -0.2) is 13.2 Å². The summed E-state index contributed by atoms with van der Waals surface area (Å²) in [6.45, 7) is -0.468. The summed E-state index contributed by atoms with van der Waals surface area (Å²) >= 11 is 0. The van der Waals surface area contributed by atoms with Gasteiger partial charge in [-0.3, -0.25) is 14.5 Å². The molecule has 2 saturated heterocycles. The van der Waals surface area contributed by atoms with Gasteiger partial charge in [0.15, 0.2) is 15.4 Å². The third kappa shape index (κ3) is 4.32. The second-order valence-electron chi connectivity index (χ2n) is 7.92. The molecule has 4 amide bonds. The highest BCUT2D eigenvalue weighted by Crippen LogP contribution is 2.33. The first-order valence-electron chi connectivity index (χ1n) is 10.0. The molecule has 162 valence electrons. The molecule has 2 aliphatic rings. The Morgan fingerprint density at radius 1 is 1.06 bits per heavy atom. The lowest BCUT2D eigenvalue weighted by atomic mass is 9.83. The van der Waals surface area contributed by atoms with E-state index in [0.717, 1.165) is 10.5 Å². The minimum absolute atomic E-state index is 0.0231. The van der Waals surface area contributed by atoms with Crippen molar-refractivity contribution < 1.29 is 22.8 Å². The first-order valence-corrected chi connectivity index (χ1v) is 11.8. The van der Waals surface area contributed by atoms with Crippen LogP contribution in [0.4, 0.5) is 4.79 Å². The lowest BCUT2D eigenvalue weighted by Gasteiger charge is -2.27. The number of imide groups is 1. The largest absolute Gasteiger partial charge is 0.351 e. The average Bonchev–Trinajstić information content (AvgIpc) is 3.20. The van der Waals surface area contributed by atoms with Gasteiger partial charge in [0.05, 0.1) is 11.5 Å². The van der Waals surface area contributed by atoms with Crippen molar-refractivity contribution in [2.45, 2.75) is 24.4 Å². The Morgan fingerprint density at radius 3 is 2.32 bits per heavy atom. The van der Waals surface area contributed by atoms with Crippen LogP contribution in [0, 0.1) is 0 Å². The van der Waals surface area contributed by atoms with Gasteiger partial charge in [0.1, 0.15) is 6.54 Å². The molecule has 2 unspecified atom stereocenters. The molecule has 9 heteroatoms. The van der Waals surface area contributed by atoms with Gasteiger partial charge in [-0.1, -0.05) is 60.7 Å². The number of urea groups is 1. The highest BCUT2D eigenvalue weighted by atomic mass is 32.2. The molecule has 2 aromatic rings. The maximum Gasteiger partial charge on any atom is 0.325 e. The van der Waals surface area contributed by atoms with Crippen LogP contribution in [0.25, 0.3) is 0 Å². The van der Waals surface area contributed by atoms with Gasteiger partial charge in [0.2, 0.25) is 5.91 Å². The van der Waals surface area contributed by atoms with Gasteiger partial charge in [0.25, 0.3) is 5.91 Å². The van der Waals surface area contributed by atoms with Crippen LogP contribution in [0.1, 0.15) is 17.5 Å². The molecule has 0 bridgehead atoms. The van der Waals surface area contributed by atoms with Gasteiger partial charge >= 0.3 is 6.03 Å². The molecule has 2 aromatic carbocycles. The third-order valence-electron chi connectivity index (χ3n) is 5.65. The number of rotatable bonds is 6. The first-order chi connectivity index (χ1) is 14.8. The molecule has 2 heterocycles. The average molecular weight is 442 g/mol. The zero-order valence-corrected chi connectivity index (χ0v) is 17.6. The number of carbonyl (C=O) groups excluding carboxylic acids is 3. The number of nitrogens with zero attached hydrogens (tertiary/aromatic N) is 1. The minimum Gasteiger partial charge on any atom is -0.351 e. The molecule has 2 atom stereocenters. The molecule has 2 N–H and O–H groups in total. The molecule has 0 aromatic heterocycles. The fourth-order valence-corrected chi connectivity index (χ4v) is 5.81. The Bertz CT molecular complexity index is 1100. The number of benzene rings is 2. The quantitative estimate of drug-likeness (QED) is 0.649. The van der Waals surface area contributed by atoms with Crippen LogP contribution in [0.15, 0.2) is 60.7 Å². The summed E-state index contributed by atoms with van der Waals surface area (Å²) in [5.74, 6) is -1.17. The van der Waals surface area contributed by atoms with Crippen molar-refractivity contribution in [3.8, 4) is 0 Å². The lowest BCUT2D eigenvalue weighted by molar-refractivity contribution is -0.135. The Kier molecular flexibility index (Phi) is 5.53. The molecule has 0 spiro atoms. The van der Waals surface area contributed by atoms with Crippen molar-refractivity contribution in [1.82, 2.24) is 15.5 Å². The summed E-state index contributed by atoms with van der Waals surface area (Å²) in [4.78, 5) is 39.6. The molecule has 0 radical (unpaired) electrons. The molecular formula is C22H23N3O5S. The molecule has 2 aliphatic heterocycles. The SMILES string of the molecule is O=C(CN1C(=O)NC(Cc2ccccc2)(c2ccccc2)C1=O)NC1CCS(=O)(=O)C1. The predicted octanol–water partition coefficient (Wildman–Crippen LogP) is 0.980. The molecule has 8 nitrogen and oxygen atoms in total. The zero-order valence-electron chi connectivity index (χ0n) is 16.8. The van der Waals surface area contributed by atoms with Gasteiger partial charge in [-0.15, -0.1) is 0 Å². The monoisotopic (exact) mass is 441 g/mol. The highest BCUT2D eigenvalue weighted by molar-refractivity contribution is 7.91. The normalized spacial score (nSPS) is 24.8. The van der Waals surface area contributed by atoms with E-state index in [1.165, 1.54) is 0 Å². The first kappa shape index (κ1) is 21.0. The molecule has 4 rings (SSSR count). The Hall–Kier alpha value is -3.20. The van der Waals surface area contributed by atoms with Crippen molar-refractivity contribution in [1.29, 1.82) is 0 Å². The van der Waals surface area contributed by atoms with Crippen LogP contribution >= 0.6 is 0 Å². The fourth-order valence-electron chi connectivity index (χ4n) is 4.14. The van der Waals surface area contributed by atoms with Crippen molar-refractivity contribution >= 4 is 27.7 Å². The van der Waals surface area contributed by atoms with E-state index in [-0.39, 0.29) is 17.9 Å². The zero-order chi connectivity index (χ0) is 22.1. The summed E-state index contributed by atoms with van der Waals surface area (Å²) in [6, 6.07) is 17.1. The van der Waals surface area contributed by atoms with E-state index < -0.39 is 45.8 Å². The number of hydrogen-bond donors (Lipinski definition) is 2. The van der Waals surface area contributed by atoms with E-state index in [1.807, 2.05) is 36.4 Å². The topological polar surface area (TPSA) is 113 Å². The number of sulfone groups is 1. The molecule has 2 fully saturated rings. The standard InChI is InChI=1S/C22H23N3O5S/c26-19(23-18-11-12-31(29,30)15-18)14-25-20(27)22(24-21(25)28,17-9-5-2-6-10-17)13-16-7-3-1-4-8-16/h1-10,18H,11-15H2,(H,23,26)(H,24,28). The number of nitrogens with one attached hydrogen (secondary N) is 2. The number of amides is 4. The van der Waals surface area contributed by atoms with Crippen LogP contribution in [0.2, 0.25) is 0 Å². The van der Waals surface area contributed by atoms with Crippen LogP contribution < -0.4 is 10.6 Å². The van der Waals surface area contributed by atoms with E-state index >= 15 is 0 Å². The predicted molar refractivity (Wildman–Crippen MR) is 114 cm³/mol. The maximum atomic E-state index is 13.5.